The zero-order valence-electron chi connectivity index (χ0n) is 11.8. The van der Waals surface area contributed by atoms with E-state index in [-0.39, 0.29) is 5.56 Å². The molecule has 0 aliphatic rings. The first-order chi connectivity index (χ1) is 9.40. The van der Waals surface area contributed by atoms with Gasteiger partial charge in [0.1, 0.15) is 0 Å². The number of aromatic carboxylic acids is 1. The summed E-state index contributed by atoms with van der Waals surface area (Å²) in [6, 6.07) is 11.5. The fourth-order valence-corrected chi connectivity index (χ4v) is 2.07. The Morgan fingerprint density at radius 2 is 1.70 bits per heavy atom. The van der Waals surface area contributed by atoms with Crippen molar-refractivity contribution in [3.05, 3.63) is 53.1 Å². The van der Waals surface area contributed by atoms with Gasteiger partial charge in [0.2, 0.25) is 0 Å². The van der Waals surface area contributed by atoms with Crippen LogP contribution in [-0.2, 0) is 0 Å². The van der Waals surface area contributed by atoms with E-state index in [4.69, 9.17) is 5.73 Å². The van der Waals surface area contributed by atoms with Gasteiger partial charge >= 0.3 is 5.97 Å². The summed E-state index contributed by atoms with van der Waals surface area (Å²) in [7, 11) is 1.90. The lowest BCUT2D eigenvalue weighted by molar-refractivity contribution is 0.0698. The van der Waals surface area contributed by atoms with Crippen molar-refractivity contribution < 1.29 is 9.90 Å². The number of rotatable bonds is 3. The molecular formula is C16H18N2O2. The molecule has 104 valence electrons. The SMILES string of the molecule is Cc1ccc(N(C)c2cc(C)c(N)c(C(=O)O)c2)cc1. The van der Waals surface area contributed by atoms with E-state index < -0.39 is 5.97 Å². The first-order valence-electron chi connectivity index (χ1n) is 6.34. The molecule has 20 heavy (non-hydrogen) atoms. The van der Waals surface area contributed by atoms with E-state index in [1.54, 1.807) is 6.07 Å². The van der Waals surface area contributed by atoms with Crippen molar-refractivity contribution in [3.8, 4) is 0 Å². The highest BCUT2D eigenvalue weighted by atomic mass is 16.4. The maximum absolute atomic E-state index is 11.2. The summed E-state index contributed by atoms with van der Waals surface area (Å²) in [6.07, 6.45) is 0. The van der Waals surface area contributed by atoms with E-state index in [0.29, 0.717) is 5.69 Å². The highest BCUT2D eigenvalue weighted by Crippen LogP contribution is 2.29. The number of nitrogen functional groups attached to an aromatic ring is 1. The zero-order valence-corrected chi connectivity index (χ0v) is 11.8. The van der Waals surface area contributed by atoms with Crippen LogP contribution in [-0.4, -0.2) is 18.1 Å². The number of nitrogens with two attached hydrogens (primary N) is 1. The fourth-order valence-electron chi connectivity index (χ4n) is 2.07. The number of anilines is 3. The Morgan fingerprint density at radius 3 is 2.25 bits per heavy atom. The smallest absolute Gasteiger partial charge is 0.337 e. The minimum absolute atomic E-state index is 0.138. The Kier molecular flexibility index (Phi) is 3.66. The highest BCUT2D eigenvalue weighted by Gasteiger charge is 2.14. The van der Waals surface area contributed by atoms with Crippen molar-refractivity contribution in [1.82, 2.24) is 0 Å². The maximum atomic E-state index is 11.2. The second kappa shape index (κ2) is 5.25. The highest BCUT2D eigenvalue weighted by molar-refractivity contribution is 5.96. The van der Waals surface area contributed by atoms with Crippen LogP contribution in [0.3, 0.4) is 0 Å². The van der Waals surface area contributed by atoms with Crippen LogP contribution in [0.5, 0.6) is 0 Å². The Hall–Kier alpha value is -2.49. The standard InChI is InChI=1S/C16H18N2O2/c1-10-4-6-12(7-5-10)18(3)13-8-11(2)15(17)14(9-13)16(19)20/h4-9H,17H2,1-3H3,(H,19,20). The molecule has 0 spiro atoms. The predicted molar refractivity (Wildman–Crippen MR) is 81.8 cm³/mol. The number of hydrogen-bond donors (Lipinski definition) is 2. The van der Waals surface area contributed by atoms with Crippen LogP contribution < -0.4 is 10.6 Å². The number of carboxylic acid groups (broad SMARTS) is 1. The number of nitrogens with zero attached hydrogens (tertiary/aromatic N) is 1. The first kappa shape index (κ1) is 13.9. The fraction of sp³-hybridized carbons (Fsp3) is 0.188. The van der Waals surface area contributed by atoms with Crippen LogP contribution in [0.25, 0.3) is 0 Å². The van der Waals surface area contributed by atoms with Gasteiger partial charge in [-0.2, -0.15) is 0 Å². The lowest BCUT2D eigenvalue weighted by Gasteiger charge is -2.21. The molecule has 4 nitrogen and oxygen atoms in total. The molecular weight excluding hydrogens is 252 g/mol. The van der Waals surface area contributed by atoms with Gasteiger partial charge in [0.25, 0.3) is 0 Å². The van der Waals surface area contributed by atoms with Crippen LogP contribution in [0, 0.1) is 13.8 Å². The molecule has 0 amide bonds. The summed E-state index contributed by atoms with van der Waals surface area (Å²) in [4.78, 5) is 13.2. The molecule has 0 fully saturated rings. The second-order valence-corrected chi connectivity index (χ2v) is 4.92. The van der Waals surface area contributed by atoms with Crippen molar-refractivity contribution in [2.24, 2.45) is 0 Å². The molecule has 2 aromatic carbocycles. The summed E-state index contributed by atoms with van der Waals surface area (Å²) in [6.45, 7) is 3.84. The van der Waals surface area contributed by atoms with Gasteiger partial charge in [0.05, 0.1) is 5.56 Å². The van der Waals surface area contributed by atoms with Crippen LogP contribution in [0.1, 0.15) is 21.5 Å². The molecule has 4 heteroatoms. The molecule has 0 aromatic heterocycles. The topological polar surface area (TPSA) is 66.6 Å². The minimum Gasteiger partial charge on any atom is -0.478 e. The lowest BCUT2D eigenvalue weighted by Crippen LogP contribution is -2.12. The van der Waals surface area contributed by atoms with Crippen LogP contribution in [0.15, 0.2) is 36.4 Å². The van der Waals surface area contributed by atoms with Gasteiger partial charge in [-0.3, -0.25) is 0 Å². The number of hydrogen-bond acceptors (Lipinski definition) is 3. The van der Waals surface area contributed by atoms with E-state index in [0.717, 1.165) is 16.9 Å². The van der Waals surface area contributed by atoms with Gasteiger partial charge in [-0.05, 0) is 43.7 Å². The van der Waals surface area contributed by atoms with E-state index in [1.165, 1.54) is 5.56 Å². The summed E-state index contributed by atoms with van der Waals surface area (Å²) < 4.78 is 0. The Bertz CT molecular complexity index is 648. The van der Waals surface area contributed by atoms with Crippen LogP contribution in [0.4, 0.5) is 17.1 Å². The van der Waals surface area contributed by atoms with Crippen molar-refractivity contribution in [2.75, 3.05) is 17.7 Å². The van der Waals surface area contributed by atoms with Gasteiger partial charge in [0.15, 0.2) is 0 Å². The van der Waals surface area contributed by atoms with Crippen LogP contribution in [0.2, 0.25) is 0 Å². The van der Waals surface area contributed by atoms with E-state index in [2.05, 4.69) is 0 Å². The largest absolute Gasteiger partial charge is 0.478 e. The third-order valence-corrected chi connectivity index (χ3v) is 3.41. The average molecular weight is 270 g/mol. The third-order valence-electron chi connectivity index (χ3n) is 3.41. The maximum Gasteiger partial charge on any atom is 0.337 e. The number of carboxylic acids is 1. The molecule has 3 N–H and O–H groups in total. The summed E-state index contributed by atoms with van der Waals surface area (Å²) >= 11 is 0. The Morgan fingerprint density at radius 1 is 1.10 bits per heavy atom. The van der Waals surface area contributed by atoms with Crippen molar-refractivity contribution in [2.45, 2.75) is 13.8 Å². The van der Waals surface area contributed by atoms with E-state index >= 15 is 0 Å². The zero-order chi connectivity index (χ0) is 14.9. The third kappa shape index (κ3) is 2.59. The second-order valence-electron chi connectivity index (χ2n) is 4.92. The molecule has 0 aliphatic carbocycles. The van der Waals surface area contributed by atoms with Crippen molar-refractivity contribution in [1.29, 1.82) is 0 Å². The van der Waals surface area contributed by atoms with Gasteiger partial charge in [0, 0.05) is 24.1 Å². The molecule has 0 atom stereocenters. The summed E-state index contributed by atoms with van der Waals surface area (Å²) in [5, 5.41) is 9.20. The van der Waals surface area contributed by atoms with Crippen molar-refractivity contribution in [3.63, 3.8) is 0 Å². The Balaban J connectivity index is 2.47. The van der Waals surface area contributed by atoms with E-state index in [9.17, 15) is 9.90 Å². The molecule has 0 radical (unpaired) electrons. The van der Waals surface area contributed by atoms with Crippen molar-refractivity contribution >= 4 is 23.0 Å². The summed E-state index contributed by atoms with van der Waals surface area (Å²) in [5.41, 5.74) is 10.0. The lowest BCUT2D eigenvalue weighted by atomic mass is 10.1. The molecule has 0 unspecified atom stereocenters. The van der Waals surface area contributed by atoms with E-state index in [1.807, 2.05) is 56.1 Å². The average Bonchev–Trinajstić information content (AvgIpc) is 2.41. The molecule has 0 heterocycles. The molecule has 0 aliphatic heterocycles. The summed E-state index contributed by atoms with van der Waals surface area (Å²) in [5.74, 6) is -1.01. The molecule has 0 saturated heterocycles. The first-order valence-corrected chi connectivity index (χ1v) is 6.34. The van der Waals surface area contributed by atoms with Gasteiger partial charge in [-0.15, -0.1) is 0 Å². The molecule has 0 bridgehead atoms. The van der Waals surface area contributed by atoms with Gasteiger partial charge in [-0.1, -0.05) is 17.7 Å². The molecule has 0 saturated carbocycles. The number of carbonyl (C=O) groups is 1. The Labute approximate surface area is 118 Å². The quantitative estimate of drug-likeness (QED) is 0.839. The van der Waals surface area contributed by atoms with Gasteiger partial charge in [-0.25, -0.2) is 4.79 Å². The minimum atomic E-state index is -1.01. The van der Waals surface area contributed by atoms with Crippen LogP contribution >= 0.6 is 0 Å². The normalized spacial score (nSPS) is 10.3. The molecule has 2 aromatic rings. The van der Waals surface area contributed by atoms with Gasteiger partial charge < -0.3 is 15.7 Å². The molecule has 2 rings (SSSR count). The number of aryl methyl sites for hydroxylation is 2. The monoisotopic (exact) mass is 270 g/mol. The number of benzene rings is 2. The predicted octanol–water partition coefficient (Wildman–Crippen LogP) is 3.35.